The van der Waals surface area contributed by atoms with E-state index < -0.39 is 5.91 Å². The lowest BCUT2D eigenvalue weighted by Crippen LogP contribution is -2.34. The first-order chi connectivity index (χ1) is 12.4. The molecule has 0 aliphatic heterocycles. The number of halogens is 2. The van der Waals surface area contributed by atoms with Crippen LogP contribution in [0.25, 0.3) is 0 Å². The number of rotatable bonds is 5. The second kappa shape index (κ2) is 9.52. The predicted octanol–water partition coefficient (Wildman–Crippen LogP) is 4.69. The molecule has 0 aromatic heterocycles. The summed E-state index contributed by atoms with van der Waals surface area (Å²) in [4.78, 5) is 23.9. The van der Waals surface area contributed by atoms with Gasteiger partial charge in [0.2, 0.25) is 0 Å². The molecule has 0 bridgehead atoms. The zero-order valence-electron chi connectivity index (χ0n) is 13.8. The monoisotopic (exact) mass is 410 g/mol. The summed E-state index contributed by atoms with van der Waals surface area (Å²) in [5, 5.41) is 6.21. The van der Waals surface area contributed by atoms with Crippen molar-refractivity contribution in [3.05, 3.63) is 63.6 Å². The second-order valence-corrected chi connectivity index (χ2v) is 6.56. The molecule has 0 spiro atoms. The zero-order valence-corrected chi connectivity index (χ0v) is 16.2. The van der Waals surface area contributed by atoms with Crippen LogP contribution in [0.5, 0.6) is 0 Å². The van der Waals surface area contributed by atoms with E-state index in [2.05, 4.69) is 10.6 Å². The number of amides is 1. The fraction of sp³-hybridized carbons (Fsp3) is 0.167. The standard InChI is InChI=1S/C18H16Cl2N2O3S/c1-2-7-25-17(24)11-3-5-15(6-4-11)21-18(26)22-16(23)12-8-13(19)10-14(20)9-12/h3-6,8-10H,2,7H2,1H3,(H2,21,22,23,26). The highest BCUT2D eigenvalue weighted by Crippen LogP contribution is 2.19. The summed E-state index contributed by atoms with van der Waals surface area (Å²) in [5.41, 5.74) is 1.35. The predicted molar refractivity (Wildman–Crippen MR) is 107 cm³/mol. The van der Waals surface area contributed by atoms with Gasteiger partial charge in [-0.25, -0.2) is 4.79 Å². The van der Waals surface area contributed by atoms with Gasteiger partial charge < -0.3 is 10.1 Å². The van der Waals surface area contributed by atoms with E-state index in [1.165, 1.54) is 18.2 Å². The number of hydrogen-bond donors (Lipinski definition) is 2. The average molecular weight is 411 g/mol. The van der Waals surface area contributed by atoms with Gasteiger partial charge in [0.25, 0.3) is 5.91 Å². The van der Waals surface area contributed by atoms with Crippen LogP contribution in [0.1, 0.15) is 34.1 Å². The number of anilines is 1. The van der Waals surface area contributed by atoms with Crippen LogP contribution < -0.4 is 10.6 Å². The van der Waals surface area contributed by atoms with Crippen LogP contribution in [0.15, 0.2) is 42.5 Å². The number of esters is 1. The Morgan fingerprint density at radius 2 is 1.65 bits per heavy atom. The first kappa shape index (κ1) is 20.2. The number of ether oxygens (including phenoxy) is 1. The summed E-state index contributed by atoms with van der Waals surface area (Å²) in [5.74, 6) is -0.821. The average Bonchev–Trinajstić information content (AvgIpc) is 2.59. The van der Waals surface area contributed by atoms with Gasteiger partial charge in [0.05, 0.1) is 12.2 Å². The SMILES string of the molecule is CCCOC(=O)c1ccc(NC(=S)NC(=O)c2cc(Cl)cc(Cl)c2)cc1. The fourth-order valence-corrected chi connectivity index (χ4v) is 2.73. The summed E-state index contributed by atoms with van der Waals surface area (Å²) in [6.07, 6.45) is 0.761. The molecule has 2 rings (SSSR count). The molecular formula is C18H16Cl2N2O3S. The molecule has 8 heteroatoms. The van der Waals surface area contributed by atoms with Crippen molar-refractivity contribution in [1.29, 1.82) is 0 Å². The van der Waals surface area contributed by atoms with Crippen molar-refractivity contribution < 1.29 is 14.3 Å². The van der Waals surface area contributed by atoms with Crippen molar-refractivity contribution in [3.8, 4) is 0 Å². The molecule has 2 aromatic carbocycles. The van der Waals surface area contributed by atoms with E-state index in [-0.39, 0.29) is 11.1 Å². The summed E-state index contributed by atoms with van der Waals surface area (Å²) < 4.78 is 5.06. The van der Waals surface area contributed by atoms with Crippen LogP contribution in [0.3, 0.4) is 0 Å². The molecule has 0 aliphatic carbocycles. The quantitative estimate of drug-likeness (QED) is 0.552. The van der Waals surface area contributed by atoms with Gasteiger partial charge in [0.1, 0.15) is 0 Å². The first-order valence-electron chi connectivity index (χ1n) is 7.74. The minimum absolute atomic E-state index is 0.104. The third-order valence-electron chi connectivity index (χ3n) is 3.17. The van der Waals surface area contributed by atoms with Crippen LogP contribution in [0.4, 0.5) is 5.69 Å². The molecule has 0 fully saturated rings. The Kier molecular flexibility index (Phi) is 7.38. The molecule has 1 amide bonds. The maximum atomic E-state index is 12.2. The number of carbonyl (C=O) groups excluding carboxylic acids is 2. The molecule has 2 N–H and O–H groups in total. The number of carbonyl (C=O) groups is 2. The van der Waals surface area contributed by atoms with Gasteiger partial charge in [-0.1, -0.05) is 30.1 Å². The van der Waals surface area contributed by atoms with Gasteiger partial charge in [0.15, 0.2) is 5.11 Å². The van der Waals surface area contributed by atoms with Crippen LogP contribution in [-0.4, -0.2) is 23.6 Å². The first-order valence-corrected chi connectivity index (χ1v) is 8.91. The second-order valence-electron chi connectivity index (χ2n) is 5.28. The van der Waals surface area contributed by atoms with E-state index in [9.17, 15) is 9.59 Å². The Hall–Kier alpha value is -2.15. The molecule has 0 saturated heterocycles. The lowest BCUT2D eigenvalue weighted by Gasteiger charge is -2.10. The van der Waals surface area contributed by atoms with E-state index in [0.29, 0.717) is 33.5 Å². The fourth-order valence-electron chi connectivity index (χ4n) is 1.99. The molecule has 0 unspecified atom stereocenters. The molecule has 0 saturated carbocycles. The van der Waals surface area contributed by atoms with Gasteiger partial charge in [-0.2, -0.15) is 0 Å². The van der Waals surface area contributed by atoms with Crippen LogP contribution in [-0.2, 0) is 4.74 Å². The molecule has 26 heavy (non-hydrogen) atoms. The van der Waals surface area contributed by atoms with Crippen molar-refractivity contribution in [2.24, 2.45) is 0 Å². The van der Waals surface area contributed by atoms with Gasteiger partial charge in [-0.15, -0.1) is 0 Å². The van der Waals surface area contributed by atoms with Crippen LogP contribution >= 0.6 is 35.4 Å². The number of nitrogens with one attached hydrogen (secondary N) is 2. The summed E-state index contributed by atoms with van der Waals surface area (Å²) in [6.45, 7) is 2.30. The van der Waals surface area contributed by atoms with Crippen molar-refractivity contribution in [2.75, 3.05) is 11.9 Å². The number of benzene rings is 2. The lowest BCUT2D eigenvalue weighted by atomic mass is 10.2. The van der Waals surface area contributed by atoms with E-state index >= 15 is 0 Å². The third-order valence-corrected chi connectivity index (χ3v) is 3.81. The molecule has 0 radical (unpaired) electrons. The third kappa shape index (κ3) is 5.98. The summed E-state index contributed by atoms with van der Waals surface area (Å²) in [6, 6.07) is 11.1. The summed E-state index contributed by atoms with van der Waals surface area (Å²) in [7, 11) is 0. The minimum Gasteiger partial charge on any atom is -0.462 e. The maximum Gasteiger partial charge on any atom is 0.338 e. The van der Waals surface area contributed by atoms with Gasteiger partial charge >= 0.3 is 5.97 Å². The Bertz CT molecular complexity index is 805. The smallest absolute Gasteiger partial charge is 0.338 e. The Morgan fingerprint density at radius 3 is 2.23 bits per heavy atom. The number of thiocarbonyl (C=S) groups is 1. The molecule has 2 aromatic rings. The van der Waals surface area contributed by atoms with E-state index in [1.54, 1.807) is 24.3 Å². The molecule has 136 valence electrons. The Balaban J connectivity index is 1.95. The summed E-state index contributed by atoms with van der Waals surface area (Å²) >= 11 is 16.9. The van der Waals surface area contributed by atoms with Crippen LogP contribution in [0.2, 0.25) is 10.0 Å². The molecule has 5 nitrogen and oxygen atoms in total. The zero-order chi connectivity index (χ0) is 19.1. The topological polar surface area (TPSA) is 67.4 Å². The van der Waals surface area contributed by atoms with Crippen molar-refractivity contribution in [2.45, 2.75) is 13.3 Å². The van der Waals surface area contributed by atoms with Gasteiger partial charge in [0, 0.05) is 21.3 Å². The Morgan fingerprint density at radius 1 is 1.04 bits per heavy atom. The molecule has 0 atom stereocenters. The van der Waals surface area contributed by atoms with E-state index in [4.69, 9.17) is 40.2 Å². The molecule has 0 heterocycles. The van der Waals surface area contributed by atoms with E-state index in [0.717, 1.165) is 6.42 Å². The van der Waals surface area contributed by atoms with Gasteiger partial charge in [-0.3, -0.25) is 10.1 Å². The highest BCUT2D eigenvalue weighted by atomic mass is 35.5. The highest BCUT2D eigenvalue weighted by Gasteiger charge is 2.11. The molecule has 0 aliphatic rings. The van der Waals surface area contributed by atoms with Crippen LogP contribution in [0, 0.1) is 0 Å². The van der Waals surface area contributed by atoms with Crippen molar-refractivity contribution >= 4 is 58.1 Å². The van der Waals surface area contributed by atoms with Crippen molar-refractivity contribution in [3.63, 3.8) is 0 Å². The number of hydrogen-bond acceptors (Lipinski definition) is 4. The lowest BCUT2D eigenvalue weighted by molar-refractivity contribution is 0.0505. The van der Waals surface area contributed by atoms with Gasteiger partial charge in [-0.05, 0) is 61.1 Å². The largest absolute Gasteiger partial charge is 0.462 e. The molecular weight excluding hydrogens is 395 g/mol. The minimum atomic E-state index is -0.438. The highest BCUT2D eigenvalue weighted by molar-refractivity contribution is 7.80. The van der Waals surface area contributed by atoms with E-state index in [1.807, 2.05) is 6.92 Å². The normalized spacial score (nSPS) is 10.1. The maximum absolute atomic E-state index is 12.2. The van der Waals surface area contributed by atoms with Crippen molar-refractivity contribution in [1.82, 2.24) is 5.32 Å². The Labute approximate surface area is 166 Å².